The van der Waals surface area contributed by atoms with Gasteiger partial charge in [-0.3, -0.25) is 0 Å². The maximum Gasteiger partial charge on any atom is 0.333 e. The molecule has 0 amide bonds. The third-order valence-electron chi connectivity index (χ3n) is 5.63. The van der Waals surface area contributed by atoms with Gasteiger partial charge in [0.25, 0.3) is 0 Å². The van der Waals surface area contributed by atoms with Gasteiger partial charge < -0.3 is 19.1 Å². The summed E-state index contributed by atoms with van der Waals surface area (Å²) in [5.41, 5.74) is 3.99. The number of carboxylic acids is 1. The molecular weight excluding hydrogens is 409 g/mol. The van der Waals surface area contributed by atoms with Gasteiger partial charge in [-0.2, -0.15) is 0 Å². The Morgan fingerprint density at radius 2 is 1.72 bits per heavy atom. The minimum Gasteiger partial charge on any atom is -0.492 e. The first kappa shape index (κ1) is 23.5. The topological polar surface area (TPSA) is 60.7 Å². The standard InChI is InChI=1S/C26H30FNO4/c1-4-23(25(26(29)30)31-5-2)19-9-13-22(14-10-19)32-17-16-28-18(3)6-15-24(28)20-7-11-21(27)12-8-20/h6-15,23,25H,4-5,16-17H2,1-3H3,(H,29,30). The molecule has 2 atom stereocenters. The van der Waals surface area contributed by atoms with Crippen LogP contribution in [0.15, 0.2) is 60.7 Å². The number of carboxylic acid groups (broad SMARTS) is 1. The molecule has 170 valence electrons. The Bertz CT molecular complexity index is 1010. The van der Waals surface area contributed by atoms with Crippen LogP contribution in [0.1, 0.15) is 37.4 Å². The highest BCUT2D eigenvalue weighted by molar-refractivity contribution is 5.73. The van der Waals surface area contributed by atoms with Crippen LogP contribution in [0.4, 0.5) is 4.39 Å². The van der Waals surface area contributed by atoms with Crippen molar-refractivity contribution in [2.24, 2.45) is 0 Å². The monoisotopic (exact) mass is 439 g/mol. The quantitative estimate of drug-likeness (QED) is 0.418. The minimum atomic E-state index is -0.946. The first-order chi connectivity index (χ1) is 15.4. The van der Waals surface area contributed by atoms with E-state index in [2.05, 4.69) is 4.57 Å². The highest BCUT2D eigenvalue weighted by atomic mass is 19.1. The fourth-order valence-electron chi connectivity index (χ4n) is 3.97. The van der Waals surface area contributed by atoms with E-state index in [-0.39, 0.29) is 11.7 Å². The molecule has 2 aromatic carbocycles. The molecular formula is C26H30FNO4. The number of rotatable bonds is 11. The van der Waals surface area contributed by atoms with Gasteiger partial charge >= 0.3 is 5.97 Å². The number of hydrogen-bond acceptors (Lipinski definition) is 3. The second kappa shape index (κ2) is 11.0. The summed E-state index contributed by atoms with van der Waals surface area (Å²) in [6.45, 7) is 7.26. The number of aromatic nitrogens is 1. The molecule has 1 N–H and O–H groups in total. The van der Waals surface area contributed by atoms with E-state index < -0.39 is 12.1 Å². The van der Waals surface area contributed by atoms with E-state index in [1.807, 2.05) is 50.2 Å². The third-order valence-corrected chi connectivity index (χ3v) is 5.63. The lowest BCUT2D eigenvalue weighted by Crippen LogP contribution is -2.30. The molecule has 0 saturated heterocycles. The molecule has 0 fully saturated rings. The van der Waals surface area contributed by atoms with Crippen LogP contribution in [0.25, 0.3) is 11.3 Å². The van der Waals surface area contributed by atoms with E-state index >= 15 is 0 Å². The Hall–Kier alpha value is -3.12. The number of nitrogens with zero attached hydrogens (tertiary/aromatic N) is 1. The fourth-order valence-corrected chi connectivity index (χ4v) is 3.97. The van der Waals surface area contributed by atoms with Gasteiger partial charge in [-0.15, -0.1) is 0 Å². The molecule has 0 bridgehead atoms. The van der Waals surface area contributed by atoms with Crippen LogP contribution in [0.2, 0.25) is 0 Å². The molecule has 0 saturated carbocycles. The van der Waals surface area contributed by atoms with E-state index in [1.165, 1.54) is 12.1 Å². The Labute approximate surface area is 188 Å². The average Bonchev–Trinajstić information content (AvgIpc) is 3.15. The molecule has 3 aromatic rings. The Morgan fingerprint density at radius 3 is 2.31 bits per heavy atom. The second-order valence-corrected chi connectivity index (χ2v) is 7.66. The van der Waals surface area contributed by atoms with Gasteiger partial charge in [0.2, 0.25) is 0 Å². The molecule has 0 aliphatic carbocycles. The molecule has 2 unspecified atom stereocenters. The summed E-state index contributed by atoms with van der Waals surface area (Å²) in [6.07, 6.45) is -0.200. The fraction of sp³-hybridized carbons (Fsp3) is 0.346. The number of aryl methyl sites for hydroxylation is 1. The van der Waals surface area contributed by atoms with Crippen LogP contribution in [-0.2, 0) is 16.1 Å². The third kappa shape index (κ3) is 5.56. The number of benzene rings is 2. The Morgan fingerprint density at radius 1 is 1.03 bits per heavy atom. The van der Waals surface area contributed by atoms with Crippen LogP contribution in [0.5, 0.6) is 5.75 Å². The zero-order valence-electron chi connectivity index (χ0n) is 18.8. The zero-order valence-corrected chi connectivity index (χ0v) is 18.8. The van der Waals surface area contributed by atoms with Crippen molar-refractivity contribution >= 4 is 5.97 Å². The van der Waals surface area contributed by atoms with Crippen molar-refractivity contribution in [1.82, 2.24) is 4.57 Å². The average molecular weight is 440 g/mol. The summed E-state index contributed by atoms with van der Waals surface area (Å²) in [7, 11) is 0. The van der Waals surface area contributed by atoms with Crippen molar-refractivity contribution < 1.29 is 23.8 Å². The number of aliphatic carboxylic acids is 1. The summed E-state index contributed by atoms with van der Waals surface area (Å²) < 4.78 is 26.8. The molecule has 1 heterocycles. The lowest BCUT2D eigenvalue weighted by Gasteiger charge is -2.23. The van der Waals surface area contributed by atoms with E-state index in [1.54, 1.807) is 19.1 Å². The van der Waals surface area contributed by atoms with E-state index in [4.69, 9.17) is 9.47 Å². The number of hydrogen-bond donors (Lipinski definition) is 1. The number of carbonyl (C=O) groups is 1. The smallest absolute Gasteiger partial charge is 0.333 e. The predicted octanol–water partition coefficient (Wildman–Crippen LogP) is 5.66. The van der Waals surface area contributed by atoms with Crippen molar-refractivity contribution in [3.8, 4) is 17.0 Å². The molecule has 0 spiro atoms. The molecule has 1 aromatic heterocycles. The molecule has 32 heavy (non-hydrogen) atoms. The maximum atomic E-state index is 13.3. The van der Waals surface area contributed by atoms with Crippen molar-refractivity contribution in [2.45, 2.75) is 45.8 Å². The summed E-state index contributed by atoms with van der Waals surface area (Å²) >= 11 is 0. The van der Waals surface area contributed by atoms with Gasteiger partial charge in [0.15, 0.2) is 6.10 Å². The molecule has 0 radical (unpaired) electrons. The first-order valence-corrected chi connectivity index (χ1v) is 10.9. The SMILES string of the molecule is CCOC(C(=O)O)C(CC)c1ccc(OCCn2c(C)ccc2-c2ccc(F)cc2)cc1. The summed E-state index contributed by atoms with van der Waals surface area (Å²) in [4.78, 5) is 11.6. The van der Waals surface area contributed by atoms with Crippen molar-refractivity contribution in [2.75, 3.05) is 13.2 Å². The van der Waals surface area contributed by atoms with Crippen molar-refractivity contribution in [3.63, 3.8) is 0 Å². The van der Waals surface area contributed by atoms with Gasteiger partial charge in [0.1, 0.15) is 18.2 Å². The number of halogens is 1. The number of ether oxygens (including phenoxy) is 2. The highest BCUT2D eigenvalue weighted by Crippen LogP contribution is 2.28. The second-order valence-electron chi connectivity index (χ2n) is 7.66. The van der Waals surface area contributed by atoms with Crippen LogP contribution >= 0.6 is 0 Å². The zero-order chi connectivity index (χ0) is 23.1. The Kier molecular flexibility index (Phi) is 8.06. The molecule has 0 aliphatic heterocycles. The first-order valence-electron chi connectivity index (χ1n) is 10.9. The van der Waals surface area contributed by atoms with Gasteiger partial charge in [-0.25, -0.2) is 9.18 Å². The van der Waals surface area contributed by atoms with Gasteiger partial charge in [-0.05, 0) is 79.9 Å². The van der Waals surface area contributed by atoms with Gasteiger partial charge in [-0.1, -0.05) is 19.1 Å². The summed E-state index contributed by atoms with van der Waals surface area (Å²) in [6, 6.07) is 18.1. The summed E-state index contributed by atoms with van der Waals surface area (Å²) in [5.74, 6) is -0.697. The molecule has 5 nitrogen and oxygen atoms in total. The van der Waals surface area contributed by atoms with Gasteiger partial charge in [0, 0.05) is 23.9 Å². The Balaban J connectivity index is 1.65. The predicted molar refractivity (Wildman–Crippen MR) is 123 cm³/mol. The largest absolute Gasteiger partial charge is 0.492 e. The lowest BCUT2D eigenvalue weighted by molar-refractivity contribution is -0.151. The van der Waals surface area contributed by atoms with Crippen LogP contribution in [0.3, 0.4) is 0 Å². The van der Waals surface area contributed by atoms with Crippen LogP contribution in [0, 0.1) is 12.7 Å². The van der Waals surface area contributed by atoms with Crippen LogP contribution < -0.4 is 4.74 Å². The molecule has 0 aliphatic rings. The minimum absolute atomic E-state index is 0.220. The van der Waals surface area contributed by atoms with E-state index in [9.17, 15) is 14.3 Å². The van der Waals surface area contributed by atoms with Gasteiger partial charge in [0.05, 0.1) is 6.54 Å². The van der Waals surface area contributed by atoms with Crippen molar-refractivity contribution in [1.29, 1.82) is 0 Å². The summed E-state index contributed by atoms with van der Waals surface area (Å²) in [5, 5.41) is 9.50. The van der Waals surface area contributed by atoms with E-state index in [0.29, 0.717) is 26.2 Å². The lowest BCUT2D eigenvalue weighted by atomic mass is 9.91. The maximum absolute atomic E-state index is 13.3. The molecule has 3 rings (SSSR count). The van der Waals surface area contributed by atoms with E-state index in [0.717, 1.165) is 28.3 Å². The molecule has 6 heteroatoms. The van der Waals surface area contributed by atoms with Crippen LogP contribution in [-0.4, -0.2) is 35.0 Å². The van der Waals surface area contributed by atoms with Crippen molar-refractivity contribution in [3.05, 3.63) is 77.7 Å². The highest BCUT2D eigenvalue weighted by Gasteiger charge is 2.28. The normalized spacial score (nSPS) is 13.0.